The van der Waals surface area contributed by atoms with Crippen molar-refractivity contribution in [1.82, 2.24) is 4.98 Å². The summed E-state index contributed by atoms with van der Waals surface area (Å²) in [7, 11) is 0. The number of aromatic nitrogens is 1. The van der Waals surface area contributed by atoms with Gasteiger partial charge in [0.25, 0.3) is 0 Å². The molecule has 0 fully saturated rings. The van der Waals surface area contributed by atoms with Crippen LogP contribution in [-0.4, -0.2) is 30.8 Å². The molecule has 65 valence electrons. The number of fused-ring (bicyclic) bond motifs is 1. The molecule has 3 radical (unpaired) electrons. The van der Waals surface area contributed by atoms with Crippen LogP contribution in [0, 0.1) is 6.92 Å². The predicted molar refractivity (Wildman–Crippen MR) is 62.6 cm³/mol. The minimum atomic E-state index is 0. The Morgan fingerprint density at radius 3 is 2.54 bits per heavy atom. The Morgan fingerprint density at radius 1 is 1.08 bits per heavy atom. The van der Waals surface area contributed by atoms with E-state index in [0.29, 0.717) is 0 Å². The van der Waals surface area contributed by atoms with Crippen LogP contribution in [0.3, 0.4) is 0 Å². The molecule has 0 atom stereocenters. The number of nitrogens with zero attached hydrogens (tertiary/aromatic N) is 1. The van der Waals surface area contributed by atoms with E-state index in [9.17, 15) is 0 Å². The van der Waals surface area contributed by atoms with Crippen LogP contribution >= 0.6 is 13.5 Å². The van der Waals surface area contributed by atoms with E-state index < -0.39 is 0 Å². The van der Waals surface area contributed by atoms with Crippen LogP contribution in [0.4, 0.5) is 0 Å². The van der Waals surface area contributed by atoms with E-state index in [0.717, 1.165) is 5.52 Å². The van der Waals surface area contributed by atoms with Gasteiger partial charge in [-0.15, -0.1) is 0 Å². The molecule has 0 aliphatic rings. The van der Waals surface area contributed by atoms with Crippen LogP contribution < -0.4 is 0 Å². The van der Waals surface area contributed by atoms with Crippen molar-refractivity contribution in [2.75, 3.05) is 0 Å². The van der Waals surface area contributed by atoms with Crippen molar-refractivity contribution in [1.29, 1.82) is 0 Å². The van der Waals surface area contributed by atoms with Gasteiger partial charge in [-0.2, -0.15) is 13.5 Å². The monoisotopic (exact) mass is 292 g/mol. The molecule has 2 rings (SSSR count). The van der Waals surface area contributed by atoms with E-state index in [1.807, 2.05) is 24.4 Å². The fourth-order valence-corrected chi connectivity index (χ4v) is 1.26. The van der Waals surface area contributed by atoms with Crippen LogP contribution in [0.1, 0.15) is 5.56 Å². The molecule has 0 saturated heterocycles. The van der Waals surface area contributed by atoms with E-state index in [1.165, 1.54) is 10.9 Å². The fraction of sp³-hybridized carbons (Fsp3) is 0.100. The molecule has 0 amide bonds. The van der Waals surface area contributed by atoms with Gasteiger partial charge in [0.15, 0.2) is 0 Å². The molecule has 0 aliphatic carbocycles. The van der Waals surface area contributed by atoms with Gasteiger partial charge in [0.05, 0.1) is 5.52 Å². The number of aryl methyl sites for hydroxylation is 1. The summed E-state index contributed by atoms with van der Waals surface area (Å²) in [5, 5.41) is 1.25. The smallest absolute Gasteiger partial charge is 0.0704 e. The summed E-state index contributed by atoms with van der Waals surface area (Å²) in [5.41, 5.74) is 2.36. The van der Waals surface area contributed by atoms with Gasteiger partial charge < -0.3 is 0 Å². The maximum Gasteiger partial charge on any atom is 0.0704 e. The maximum absolute atomic E-state index is 4.24. The third-order valence-electron chi connectivity index (χ3n) is 1.86. The van der Waals surface area contributed by atoms with E-state index in [2.05, 4.69) is 24.0 Å². The standard InChI is InChI=1S/C10H9N.In.H2S/c1-8-4-2-6-10-9(8)5-3-7-11-10;;/h2-7H,1H3;;1H2. The number of benzene rings is 1. The molecule has 0 bridgehead atoms. The average Bonchev–Trinajstić information content (AvgIpc) is 2.06. The second kappa shape index (κ2) is 5.55. The van der Waals surface area contributed by atoms with Crippen molar-refractivity contribution in [3.63, 3.8) is 0 Å². The van der Waals surface area contributed by atoms with Crippen molar-refractivity contribution in [2.45, 2.75) is 6.92 Å². The van der Waals surface area contributed by atoms with Crippen molar-refractivity contribution in [3.8, 4) is 0 Å². The normalized spacial score (nSPS) is 8.69. The Morgan fingerprint density at radius 2 is 1.85 bits per heavy atom. The number of pyridine rings is 1. The van der Waals surface area contributed by atoms with Crippen LogP contribution in [0.2, 0.25) is 0 Å². The molecule has 1 aromatic carbocycles. The first kappa shape index (κ1) is 12.9. The zero-order valence-corrected chi connectivity index (χ0v) is 11.8. The van der Waals surface area contributed by atoms with Crippen molar-refractivity contribution in [3.05, 3.63) is 42.1 Å². The van der Waals surface area contributed by atoms with Gasteiger partial charge in [-0.3, -0.25) is 4.98 Å². The number of hydrogen-bond donors (Lipinski definition) is 0. The topological polar surface area (TPSA) is 12.9 Å². The minimum Gasteiger partial charge on any atom is -0.256 e. The zero-order chi connectivity index (χ0) is 7.68. The van der Waals surface area contributed by atoms with Crippen molar-refractivity contribution < 1.29 is 0 Å². The van der Waals surface area contributed by atoms with Gasteiger partial charge in [0, 0.05) is 37.4 Å². The molecule has 3 heteroatoms. The molecular weight excluding hydrogens is 281 g/mol. The predicted octanol–water partition coefficient (Wildman–Crippen LogP) is 2.28. The van der Waals surface area contributed by atoms with Gasteiger partial charge in [-0.05, 0) is 24.6 Å². The number of rotatable bonds is 0. The molecule has 0 spiro atoms. The van der Waals surface area contributed by atoms with Crippen LogP contribution in [0.5, 0.6) is 0 Å². The maximum atomic E-state index is 4.24. The second-order valence-corrected chi connectivity index (χ2v) is 2.64. The average molecular weight is 292 g/mol. The quantitative estimate of drug-likeness (QED) is 0.726. The first-order valence-electron chi connectivity index (χ1n) is 3.68. The van der Waals surface area contributed by atoms with E-state index in [1.54, 1.807) is 0 Å². The molecule has 1 heterocycles. The Bertz CT molecular complexity index is 384. The Labute approximate surface area is 104 Å². The molecular formula is C10H11InNS. The Kier molecular flexibility index (Phi) is 5.49. The first-order chi connectivity index (χ1) is 5.38. The van der Waals surface area contributed by atoms with E-state index >= 15 is 0 Å². The van der Waals surface area contributed by atoms with E-state index in [-0.39, 0.29) is 39.3 Å². The molecule has 1 nitrogen and oxygen atoms in total. The minimum absolute atomic E-state index is 0. The molecule has 0 aliphatic heterocycles. The van der Waals surface area contributed by atoms with Gasteiger partial charge in [-0.1, -0.05) is 18.2 Å². The fourth-order valence-electron chi connectivity index (χ4n) is 1.26. The van der Waals surface area contributed by atoms with Gasteiger partial charge >= 0.3 is 0 Å². The largest absolute Gasteiger partial charge is 0.256 e. The molecule has 13 heavy (non-hydrogen) atoms. The summed E-state index contributed by atoms with van der Waals surface area (Å²) in [6.45, 7) is 2.10. The second-order valence-electron chi connectivity index (χ2n) is 2.64. The SMILES string of the molecule is Cc1cccc2ncccc12.S.[In]. The summed E-state index contributed by atoms with van der Waals surface area (Å²) >= 11 is 0. The molecule has 0 unspecified atom stereocenters. The van der Waals surface area contributed by atoms with Crippen LogP contribution in [-0.2, 0) is 0 Å². The summed E-state index contributed by atoms with van der Waals surface area (Å²) < 4.78 is 0. The third-order valence-corrected chi connectivity index (χ3v) is 1.86. The van der Waals surface area contributed by atoms with Gasteiger partial charge in [-0.25, -0.2) is 0 Å². The molecule has 0 saturated carbocycles. The van der Waals surface area contributed by atoms with Crippen molar-refractivity contribution in [2.24, 2.45) is 0 Å². The third kappa shape index (κ3) is 2.64. The number of hydrogen-bond acceptors (Lipinski definition) is 1. The van der Waals surface area contributed by atoms with E-state index in [4.69, 9.17) is 0 Å². The molecule has 0 N–H and O–H groups in total. The summed E-state index contributed by atoms with van der Waals surface area (Å²) in [6, 6.07) is 10.2. The zero-order valence-electron chi connectivity index (χ0n) is 7.49. The summed E-state index contributed by atoms with van der Waals surface area (Å²) in [6.07, 6.45) is 1.82. The van der Waals surface area contributed by atoms with Crippen molar-refractivity contribution >= 4 is 50.2 Å². The van der Waals surface area contributed by atoms with Crippen LogP contribution in [0.25, 0.3) is 10.9 Å². The van der Waals surface area contributed by atoms with Crippen LogP contribution in [0.15, 0.2) is 36.5 Å². The molecule has 1 aromatic heterocycles. The Hall–Kier alpha value is -0.150. The first-order valence-corrected chi connectivity index (χ1v) is 3.68. The Balaban J connectivity index is 0.000000720. The molecule has 2 aromatic rings. The van der Waals surface area contributed by atoms with Gasteiger partial charge in [0.1, 0.15) is 0 Å². The van der Waals surface area contributed by atoms with Gasteiger partial charge in [0.2, 0.25) is 0 Å². The summed E-state index contributed by atoms with van der Waals surface area (Å²) in [4.78, 5) is 4.24. The summed E-state index contributed by atoms with van der Waals surface area (Å²) in [5.74, 6) is 0.